The summed E-state index contributed by atoms with van der Waals surface area (Å²) in [6.45, 7) is 4.14. The van der Waals surface area contributed by atoms with Crippen LogP contribution in [-0.4, -0.2) is 31.6 Å². The van der Waals surface area contributed by atoms with Crippen LogP contribution < -0.4 is 4.74 Å². The SMILES string of the molecule is C=N/C(C=O)=C\N1C=CC(C2c3ccc(OC)cc3CCC2c2ccccc2)=CC1. The first-order valence-corrected chi connectivity index (χ1v) is 10.2. The number of aliphatic imine (C=N–C) groups is 1. The Morgan fingerprint density at radius 1 is 1.23 bits per heavy atom. The van der Waals surface area contributed by atoms with Crippen molar-refractivity contribution >= 4 is 13.0 Å². The van der Waals surface area contributed by atoms with E-state index in [1.165, 1.54) is 22.3 Å². The molecular formula is C26H26N2O2. The van der Waals surface area contributed by atoms with E-state index < -0.39 is 0 Å². The lowest BCUT2D eigenvalue weighted by Crippen LogP contribution is -2.23. The third-order valence-electron chi connectivity index (χ3n) is 6.00. The molecule has 152 valence electrons. The van der Waals surface area contributed by atoms with E-state index in [-0.39, 0.29) is 5.92 Å². The molecule has 0 N–H and O–H groups in total. The highest BCUT2D eigenvalue weighted by atomic mass is 16.5. The van der Waals surface area contributed by atoms with Gasteiger partial charge in [0, 0.05) is 24.9 Å². The number of benzene rings is 2. The van der Waals surface area contributed by atoms with Crippen molar-refractivity contribution in [3.63, 3.8) is 0 Å². The number of aryl methyl sites for hydroxylation is 1. The number of methoxy groups -OCH3 is 1. The number of aldehydes is 1. The molecular weight excluding hydrogens is 372 g/mol. The largest absolute Gasteiger partial charge is 0.497 e. The van der Waals surface area contributed by atoms with Gasteiger partial charge in [-0.15, -0.1) is 0 Å². The van der Waals surface area contributed by atoms with Gasteiger partial charge in [0.25, 0.3) is 0 Å². The number of rotatable bonds is 6. The van der Waals surface area contributed by atoms with Crippen molar-refractivity contribution in [3.05, 3.63) is 101 Å². The molecule has 30 heavy (non-hydrogen) atoms. The fraction of sp³-hybridized carbons (Fsp3) is 0.231. The van der Waals surface area contributed by atoms with E-state index in [4.69, 9.17) is 4.74 Å². The van der Waals surface area contributed by atoms with Gasteiger partial charge >= 0.3 is 0 Å². The Bertz CT molecular complexity index is 1010. The van der Waals surface area contributed by atoms with Gasteiger partial charge in [-0.1, -0.05) is 42.5 Å². The van der Waals surface area contributed by atoms with Gasteiger partial charge in [0.05, 0.1) is 7.11 Å². The normalized spacial score (nSPS) is 20.9. The first kappa shape index (κ1) is 19.9. The summed E-state index contributed by atoms with van der Waals surface area (Å²) in [5, 5.41) is 0. The Balaban J connectivity index is 1.70. The summed E-state index contributed by atoms with van der Waals surface area (Å²) in [6, 6.07) is 17.3. The predicted octanol–water partition coefficient (Wildman–Crippen LogP) is 5.01. The van der Waals surface area contributed by atoms with Crippen molar-refractivity contribution in [2.45, 2.75) is 24.7 Å². The fourth-order valence-electron chi connectivity index (χ4n) is 4.52. The number of ether oxygens (including phenoxy) is 1. The van der Waals surface area contributed by atoms with Crippen LogP contribution in [0.4, 0.5) is 0 Å². The smallest absolute Gasteiger partial charge is 0.169 e. The lowest BCUT2D eigenvalue weighted by Gasteiger charge is -2.36. The van der Waals surface area contributed by atoms with Crippen LogP contribution >= 0.6 is 0 Å². The van der Waals surface area contributed by atoms with Crippen molar-refractivity contribution in [1.29, 1.82) is 0 Å². The van der Waals surface area contributed by atoms with Gasteiger partial charge in [0.1, 0.15) is 11.4 Å². The Morgan fingerprint density at radius 2 is 2.07 bits per heavy atom. The first-order valence-electron chi connectivity index (χ1n) is 10.2. The van der Waals surface area contributed by atoms with E-state index in [2.05, 4.69) is 72.4 Å². The fourth-order valence-corrected chi connectivity index (χ4v) is 4.52. The van der Waals surface area contributed by atoms with E-state index in [1.54, 1.807) is 13.3 Å². The minimum absolute atomic E-state index is 0.285. The molecule has 0 aromatic heterocycles. The third-order valence-corrected chi connectivity index (χ3v) is 6.00. The molecule has 2 unspecified atom stereocenters. The number of hydrogen-bond donors (Lipinski definition) is 0. The molecule has 0 saturated heterocycles. The number of nitrogens with zero attached hydrogens (tertiary/aromatic N) is 2. The van der Waals surface area contributed by atoms with Crippen molar-refractivity contribution in [2.75, 3.05) is 13.7 Å². The van der Waals surface area contributed by atoms with E-state index in [9.17, 15) is 4.79 Å². The topological polar surface area (TPSA) is 41.9 Å². The van der Waals surface area contributed by atoms with Crippen LogP contribution in [0, 0.1) is 0 Å². The van der Waals surface area contributed by atoms with Crippen molar-refractivity contribution in [1.82, 2.24) is 4.90 Å². The molecule has 0 spiro atoms. The van der Waals surface area contributed by atoms with Gasteiger partial charge in [-0.25, -0.2) is 0 Å². The molecule has 2 atom stereocenters. The maximum Gasteiger partial charge on any atom is 0.169 e. The van der Waals surface area contributed by atoms with Crippen molar-refractivity contribution < 1.29 is 9.53 Å². The van der Waals surface area contributed by atoms with E-state index in [1.807, 2.05) is 11.1 Å². The molecule has 0 bridgehead atoms. The Hall–Kier alpha value is -3.40. The maximum atomic E-state index is 11.0. The van der Waals surface area contributed by atoms with Gasteiger partial charge in [-0.2, -0.15) is 0 Å². The van der Waals surface area contributed by atoms with Gasteiger partial charge in [-0.3, -0.25) is 9.79 Å². The van der Waals surface area contributed by atoms with Crippen LogP contribution in [0.15, 0.2) is 89.3 Å². The molecule has 0 fully saturated rings. The van der Waals surface area contributed by atoms with Crippen LogP contribution in [0.2, 0.25) is 0 Å². The Morgan fingerprint density at radius 3 is 2.73 bits per heavy atom. The predicted molar refractivity (Wildman–Crippen MR) is 121 cm³/mol. The summed E-state index contributed by atoms with van der Waals surface area (Å²) in [5.74, 6) is 1.62. The molecule has 1 aliphatic carbocycles. The highest BCUT2D eigenvalue weighted by molar-refractivity contribution is 5.73. The first-order chi connectivity index (χ1) is 14.7. The van der Waals surface area contributed by atoms with Crippen LogP contribution in [0.5, 0.6) is 5.75 Å². The second-order valence-electron chi connectivity index (χ2n) is 7.64. The third kappa shape index (κ3) is 3.99. The number of hydrogen-bond acceptors (Lipinski definition) is 4. The monoisotopic (exact) mass is 398 g/mol. The minimum Gasteiger partial charge on any atom is -0.497 e. The summed E-state index contributed by atoms with van der Waals surface area (Å²) < 4.78 is 5.46. The van der Waals surface area contributed by atoms with Crippen LogP contribution in [0.25, 0.3) is 0 Å². The average molecular weight is 399 g/mol. The van der Waals surface area contributed by atoms with E-state index >= 15 is 0 Å². The second-order valence-corrected chi connectivity index (χ2v) is 7.64. The maximum absolute atomic E-state index is 11.0. The molecule has 2 aromatic carbocycles. The van der Waals surface area contributed by atoms with Crippen LogP contribution in [0.1, 0.15) is 34.9 Å². The standard InChI is InChI=1S/C26H26N2O2/c1-27-22(18-29)17-28-14-12-20(13-15-28)26-24(19-6-4-3-5-7-19)10-8-21-16-23(30-2)9-11-25(21)26/h3-7,9,11-14,16-18,24,26H,1,8,10,15H2,2H3/b22-17-. The van der Waals surface area contributed by atoms with Gasteiger partial charge in [-0.05, 0) is 65.9 Å². The zero-order valence-electron chi connectivity index (χ0n) is 17.2. The highest BCUT2D eigenvalue weighted by Crippen LogP contribution is 2.47. The molecule has 4 nitrogen and oxygen atoms in total. The average Bonchev–Trinajstić information content (AvgIpc) is 2.82. The van der Waals surface area contributed by atoms with Gasteiger partial charge < -0.3 is 9.64 Å². The summed E-state index contributed by atoms with van der Waals surface area (Å²) in [6.07, 6.45) is 11.0. The summed E-state index contributed by atoms with van der Waals surface area (Å²) in [4.78, 5) is 16.7. The summed E-state index contributed by atoms with van der Waals surface area (Å²) >= 11 is 0. The summed E-state index contributed by atoms with van der Waals surface area (Å²) in [7, 11) is 1.72. The number of carbonyl (C=O) groups is 1. The van der Waals surface area contributed by atoms with Gasteiger partial charge in [0.2, 0.25) is 0 Å². The van der Waals surface area contributed by atoms with Gasteiger partial charge in [0.15, 0.2) is 6.29 Å². The zero-order chi connectivity index (χ0) is 20.9. The molecule has 0 saturated carbocycles. The zero-order valence-corrected chi connectivity index (χ0v) is 17.2. The van der Waals surface area contributed by atoms with Crippen molar-refractivity contribution in [3.8, 4) is 5.75 Å². The van der Waals surface area contributed by atoms with E-state index in [0.717, 1.165) is 24.9 Å². The molecule has 0 radical (unpaired) electrons. The second kappa shape index (κ2) is 8.95. The van der Waals surface area contributed by atoms with Crippen molar-refractivity contribution in [2.24, 2.45) is 4.99 Å². The lowest BCUT2D eigenvalue weighted by atomic mass is 9.68. The van der Waals surface area contributed by atoms with Crippen LogP contribution in [-0.2, 0) is 11.2 Å². The number of fused-ring (bicyclic) bond motifs is 1. The number of carbonyl (C=O) groups excluding carboxylic acids is 1. The minimum atomic E-state index is 0.285. The quantitative estimate of drug-likeness (QED) is 0.390. The van der Waals surface area contributed by atoms with E-state index in [0.29, 0.717) is 18.2 Å². The molecule has 0 amide bonds. The number of allylic oxidation sites excluding steroid dienone is 3. The van der Waals surface area contributed by atoms with Crippen LogP contribution in [0.3, 0.4) is 0 Å². The molecule has 2 aromatic rings. The molecule has 1 heterocycles. The molecule has 2 aliphatic rings. The Labute approximate surface area is 177 Å². The Kier molecular flexibility index (Phi) is 5.94. The highest BCUT2D eigenvalue weighted by Gasteiger charge is 2.33. The summed E-state index contributed by atoms with van der Waals surface area (Å²) in [5.41, 5.74) is 5.74. The molecule has 4 rings (SSSR count). The molecule has 4 heteroatoms. The lowest BCUT2D eigenvalue weighted by molar-refractivity contribution is -0.105. The molecule has 1 aliphatic heterocycles.